The fourth-order valence-electron chi connectivity index (χ4n) is 3.37. The van der Waals surface area contributed by atoms with E-state index in [1.807, 2.05) is 30.5 Å². The molecule has 0 bridgehead atoms. The smallest absolute Gasteiger partial charge is 0.0613 e. The lowest BCUT2D eigenvalue weighted by atomic mass is 10.0. The Kier molecular flexibility index (Phi) is 4.86. The highest BCUT2D eigenvalue weighted by Crippen LogP contribution is 2.36. The summed E-state index contributed by atoms with van der Waals surface area (Å²) >= 11 is 12.4. The average Bonchev–Trinajstić information content (AvgIpc) is 2.82. The first-order valence-corrected chi connectivity index (χ1v) is 9.32. The van der Waals surface area contributed by atoms with E-state index in [2.05, 4.69) is 46.1 Å². The average molecular weight is 384 g/mol. The van der Waals surface area contributed by atoms with Gasteiger partial charge in [-0.3, -0.25) is 4.98 Å². The van der Waals surface area contributed by atoms with E-state index < -0.39 is 0 Å². The molecule has 3 nitrogen and oxygen atoms in total. The number of hydrogen-bond acceptors (Lipinski definition) is 3. The van der Waals surface area contributed by atoms with Crippen LogP contribution in [-0.4, -0.2) is 30.0 Å². The van der Waals surface area contributed by atoms with Gasteiger partial charge in [-0.15, -0.1) is 0 Å². The van der Waals surface area contributed by atoms with Gasteiger partial charge >= 0.3 is 0 Å². The number of halogens is 2. The number of benzene rings is 2. The maximum atomic E-state index is 6.26. The van der Waals surface area contributed by atoms with Gasteiger partial charge in [-0.1, -0.05) is 35.3 Å². The number of rotatable bonds is 2. The van der Waals surface area contributed by atoms with Crippen LogP contribution >= 0.6 is 23.2 Å². The Labute approximate surface area is 163 Å². The molecule has 2 heterocycles. The summed E-state index contributed by atoms with van der Waals surface area (Å²) in [5, 5.41) is 1.16. The van der Waals surface area contributed by atoms with Crippen LogP contribution in [0.15, 0.2) is 60.9 Å². The highest BCUT2D eigenvalue weighted by atomic mass is 35.5. The molecule has 4 rings (SSSR count). The van der Waals surface area contributed by atoms with Crippen LogP contribution in [0.1, 0.15) is 5.56 Å². The SMILES string of the molecule is CN1CCN(c2ccc(Cl)c(Cl)c2)c2ccc(-c3cccnc3)cc2C1. The van der Waals surface area contributed by atoms with Gasteiger partial charge in [0.25, 0.3) is 0 Å². The Balaban J connectivity index is 1.79. The van der Waals surface area contributed by atoms with Gasteiger partial charge in [-0.25, -0.2) is 0 Å². The number of nitrogens with zero attached hydrogens (tertiary/aromatic N) is 3. The van der Waals surface area contributed by atoms with E-state index in [1.54, 1.807) is 6.20 Å². The topological polar surface area (TPSA) is 19.4 Å². The highest BCUT2D eigenvalue weighted by molar-refractivity contribution is 6.42. The fourth-order valence-corrected chi connectivity index (χ4v) is 3.66. The maximum Gasteiger partial charge on any atom is 0.0613 e. The van der Waals surface area contributed by atoms with E-state index in [0.29, 0.717) is 10.0 Å². The highest BCUT2D eigenvalue weighted by Gasteiger charge is 2.20. The Hall–Kier alpha value is -2.07. The first-order valence-electron chi connectivity index (χ1n) is 8.56. The standard InChI is InChI=1S/C21H19Cl2N3/c1-25-9-10-26(18-5-6-19(22)20(23)12-18)21-7-4-15(11-17(21)14-25)16-3-2-8-24-13-16/h2-8,11-13H,9-10,14H2,1H3. The van der Waals surface area contributed by atoms with Crippen molar-refractivity contribution in [3.05, 3.63) is 76.5 Å². The molecule has 3 aromatic rings. The van der Waals surface area contributed by atoms with Gasteiger partial charge in [0.1, 0.15) is 0 Å². The molecular formula is C21H19Cl2N3. The zero-order valence-corrected chi connectivity index (χ0v) is 16.0. The second kappa shape index (κ2) is 7.28. The van der Waals surface area contributed by atoms with E-state index in [-0.39, 0.29) is 0 Å². The van der Waals surface area contributed by atoms with Gasteiger partial charge in [0.15, 0.2) is 0 Å². The summed E-state index contributed by atoms with van der Waals surface area (Å²) in [6.07, 6.45) is 3.70. The van der Waals surface area contributed by atoms with E-state index in [0.717, 1.165) is 30.9 Å². The Bertz CT molecular complexity index is 928. The van der Waals surface area contributed by atoms with E-state index in [4.69, 9.17) is 23.2 Å². The van der Waals surface area contributed by atoms with Gasteiger partial charge < -0.3 is 9.80 Å². The van der Waals surface area contributed by atoms with E-state index >= 15 is 0 Å². The van der Waals surface area contributed by atoms with Crippen LogP contribution in [-0.2, 0) is 6.54 Å². The summed E-state index contributed by atoms with van der Waals surface area (Å²) in [5.74, 6) is 0. The minimum Gasteiger partial charge on any atom is -0.340 e. The lowest BCUT2D eigenvalue weighted by molar-refractivity contribution is 0.343. The van der Waals surface area contributed by atoms with Crippen LogP contribution in [0, 0.1) is 0 Å². The molecule has 0 atom stereocenters. The lowest BCUT2D eigenvalue weighted by Crippen LogP contribution is -2.26. The normalized spacial score (nSPS) is 14.8. The molecule has 1 aromatic heterocycles. The molecule has 0 spiro atoms. The molecule has 1 aliphatic heterocycles. The quantitative estimate of drug-likeness (QED) is 0.570. The third-order valence-corrected chi connectivity index (χ3v) is 5.46. The van der Waals surface area contributed by atoms with Crippen molar-refractivity contribution < 1.29 is 0 Å². The predicted molar refractivity (Wildman–Crippen MR) is 109 cm³/mol. The molecule has 0 radical (unpaired) electrons. The third-order valence-electron chi connectivity index (χ3n) is 4.73. The molecule has 1 aliphatic rings. The molecule has 26 heavy (non-hydrogen) atoms. The summed E-state index contributed by atoms with van der Waals surface area (Å²) in [7, 11) is 2.15. The summed E-state index contributed by atoms with van der Waals surface area (Å²) < 4.78 is 0. The second-order valence-corrected chi connectivity index (χ2v) is 7.39. The predicted octanol–water partition coefficient (Wildman–Crippen LogP) is 5.64. The lowest BCUT2D eigenvalue weighted by Gasteiger charge is -2.25. The second-order valence-electron chi connectivity index (χ2n) is 6.57. The summed E-state index contributed by atoms with van der Waals surface area (Å²) in [6.45, 7) is 2.77. The Morgan fingerprint density at radius 3 is 2.58 bits per heavy atom. The van der Waals surface area contributed by atoms with Gasteiger partial charge in [-0.2, -0.15) is 0 Å². The van der Waals surface area contributed by atoms with Crippen LogP contribution in [0.4, 0.5) is 11.4 Å². The van der Waals surface area contributed by atoms with Crippen LogP contribution in [0.3, 0.4) is 0 Å². The molecule has 0 unspecified atom stereocenters. The molecule has 132 valence electrons. The molecule has 5 heteroatoms. The van der Waals surface area contributed by atoms with Crippen molar-refractivity contribution in [1.29, 1.82) is 0 Å². The van der Waals surface area contributed by atoms with Crippen molar-refractivity contribution >= 4 is 34.6 Å². The molecule has 0 N–H and O–H groups in total. The number of hydrogen-bond donors (Lipinski definition) is 0. The monoisotopic (exact) mass is 383 g/mol. The number of fused-ring (bicyclic) bond motifs is 1. The van der Waals surface area contributed by atoms with Crippen molar-refractivity contribution in [2.24, 2.45) is 0 Å². The number of pyridine rings is 1. The van der Waals surface area contributed by atoms with Gasteiger partial charge in [0.2, 0.25) is 0 Å². The number of aromatic nitrogens is 1. The summed E-state index contributed by atoms with van der Waals surface area (Å²) in [6, 6.07) is 16.5. The first kappa shape index (κ1) is 17.3. The van der Waals surface area contributed by atoms with Crippen LogP contribution in [0.25, 0.3) is 11.1 Å². The van der Waals surface area contributed by atoms with Gasteiger partial charge in [0.05, 0.1) is 10.0 Å². The summed E-state index contributed by atoms with van der Waals surface area (Å²) in [5.41, 5.74) is 5.87. The zero-order chi connectivity index (χ0) is 18.1. The largest absolute Gasteiger partial charge is 0.340 e. The fraction of sp³-hybridized carbons (Fsp3) is 0.190. The molecule has 0 amide bonds. The van der Waals surface area contributed by atoms with Crippen molar-refractivity contribution in [2.75, 3.05) is 25.0 Å². The molecule has 0 aliphatic carbocycles. The van der Waals surface area contributed by atoms with Gasteiger partial charge in [-0.05, 0) is 60.1 Å². The number of anilines is 2. The minimum absolute atomic E-state index is 0.578. The first-order chi connectivity index (χ1) is 12.6. The molecular weight excluding hydrogens is 365 g/mol. The van der Waals surface area contributed by atoms with Crippen molar-refractivity contribution in [2.45, 2.75) is 6.54 Å². The van der Waals surface area contributed by atoms with E-state index in [9.17, 15) is 0 Å². The van der Waals surface area contributed by atoms with Gasteiger partial charge in [0, 0.05) is 43.4 Å². The molecule has 0 fully saturated rings. The summed E-state index contributed by atoms with van der Waals surface area (Å²) in [4.78, 5) is 8.89. The minimum atomic E-state index is 0.578. The van der Waals surface area contributed by atoms with Crippen LogP contribution in [0.5, 0.6) is 0 Å². The van der Waals surface area contributed by atoms with Crippen LogP contribution in [0.2, 0.25) is 10.0 Å². The van der Waals surface area contributed by atoms with Crippen molar-refractivity contribution in [3.63, 3.8) is 0 Å². The van der Waals surface area contributed by atoms with E-state index in [1.165, 1.54) is 16.8 Å². The molecule has 0 saturated heterocycles. The maximum absolute atomic E-state index is 6.26. The van der Waals surface area contributed by atoms with Crippen LogP contribution < -0.4 is 4.90 Å². The van der Waals surface area contributed by atoms with Crippen molar-refractivity contribution in [1.82, 2.24) is 9.88 Å². The van der Waals surface area contributed by atoms with Crippen molar-refractivity contribution in [3.8, 4) is 11.1 Å². The number of likely N-dealkylation sites (N-methyl/N-ethyl adjacent to an activating group) is 1. The third kappa shape index (κ3) is 3.43. The zero-order valence-electron chi connectivity index (χ0n) is 14.5. The Morgan fingerprint density at radius 1 is 0.923 bits per heavy atom. The molecule has 0 saturated carbocycles. The Morgan fingerprint density at radius 2 is 1.81 bits per heavy atom. The molecule has 2 aromatic carbocycles.